The summed E-state index contributed by atoms with van der Waals surface area (Å²) in [5.74, 6) is -1.26. The predicted octanol–water partition coefficient (Wildman–Crippen LogP) is 1.73. The van der Waals surface area contributed by atoms with E-state index in [4.69, 9.17) is 23.2 Å². The molecule has 3 nitrogen and oxygen atoms in total. The minimum Gasteiger partial charge on any atom is -0.545 e. The Hall–Kier alpha value is -0.770. The molecule has 1 rings (SSSR count). The highest BCUT2D eigenvalue weighted by molar-refractivity contribution is 6.42. The SMILES string of the molecule is O=C([O-])c1ccc(Cl)c(Cl)c1.[NH4+]. The van der Waals surface area contributed by atoms with Gasteiger partial charge in [0.25, 0.3) is 0 Å². The summed E-state index contributed by atoms with van der Waals surface area (Å²) < 4.78 is 0. The van der Waals surface area contributed by atoms with Crippen LogP contribution in [0.1, 0.15) is 10.4 Å². The van der Waals surface area contributed by atoms with Crippen molar-refractivity contribution >= 4 is 29.2 Å². The molecule has 0 heterocycles. The number of halogens is 2. The number of carbonyl (C=O) groups excluding carboxylic acids is 1. The van der Waals surface area contributed by atoms with Gasteiger partial charge in [0.2, 0.25) is 0 Å². The van der Waals surface area contributed by atoms with Gasteiger partial charge in [0, 0.05) is 0 Å². The zero-order valence-electron chi connectivity index (χ0n) is 6.30. The Morgan fingerprint density at radius 2 is 1.83 bits per heavy atom. The molecule has 0 spiro atoms. The fourth-order valence-corrected chi connectivity index (χ4v) is 0.921. The Morgan fingerprint density at radius 3 is 2.25 bits per heavy atom. The summed E-state index contributed by atoms with van der Waals surface area (Å²) in [6.45, 7) is 0. The molecule has 0 aliphatic carbocycles. The minimum atomic E-state index is -1.26. The van der Waals surface area contributed by atoms with Crippen molar-refractivity contribution in [2.45, 2.75) is 0 Å². The molecule has 0 radical (unpaired) electrons. The largest absolute Gasteiger partial charge is 0.545 e. The molecule has 66 valence electrons. The number of quaternary nitrogens is 1. The molecule has 5 heteroatoms. The van der Waals surface area contributed by atoms with Crippen molar-refractivity contribution in [3.63, 3.8) is 0 Å². The number of carbonyl (C=O) groups is 1. The van der Waals surface area contributed by atoms with Crippen LogP contribution in [-0.2, 0) is 0 Å². The van der Waals surface area contributed by atoms with Gasteiger partial charge in [-0.25, -0.2) is 0 Å². The van der Waals surface area contributed by atoms with E-state index in [1.165, 1.54) is 18.2 Å². The van der Waals surface area contributed by atoms with E-state index in [0.29, 0.717) is 5.02 Å². The third kappa shape index (κ3) is 2.37. The Labute approximate surface area is 79.5 Å². The molecule has 0 saturated carbocycles. The van der Waals surface area contributed by atoms with Crippen molar-refractivity contribution in [1.29, 1.82) is 0 Å². The molecule has 0 unspecified atom stereocenters. The van der Waals surface area contributed by atoms with Crippen LogP contribution in [0.25, 0.3) is 0 Å². The molecule has 4 N–H and O–H groups in total. The van der Waals surface area contributed by atoms with Gasteiger partial charge in [-0.1, -0.05) is 29.3 Å². The zero-order valence-corrected chi connectivity index (χ0v) is 7.82. The third-order valence-electron chi connectivity index (χ3n) is 1.16. The molecule has 0 aliphatic rings. The second-order valence-corrected chi connectivity index (χ2v) is 2.73. The van der Waals surface area contributed by atoms with E-state index in [-0.39, 0.29) is 16.7 Å². The minimum absolute atomic E-state index is 0. The van der Waals surface area contributed by atoms with E-state index in [0.717, 1.165) is 0 Å². The third-order valence-corrected chi connectivity index (χ3v) is 1.89. The van der Waals surface area contributed by atoms with E-state index in [2.05, 4.69) is 0 Å². The average molecular weight is 208 g/mol. The van der Waals surface area contributed by atoms with Gasteiger partial charge in [0.15, 0.2) is 0 Å². The van der Waals surface area contributed by atoms with E-state index in [9.17, 15) is 9.90 Å². The first-order valence-corrected chi connectivity index (χ1v) is 3.53. The average Bonchev–Trinajstić information content (AvgIpc) is 1.94. The van der Waals surface area contributed by atoms with Gasteiger partial charge in [0.1, 0.15) is 0 Å². The number of carboxylic acids is 1. The summed E-state index contributed by atoms with van der Waals surface area (Å²) >= 11 is 11.1. The maximum atomic E-state index is 10.3. The lowest BCUT2D eigenvalue weighted by atomic mass is 10.2. The first-order chi connectivity index (χ1) is 5.11. The number of carboxylic acid groups (broad SMARTS) is 1. The Bertz CT molecular complexity index is 301. The number of aromatic carboxylic acids is 1. The van der Waals surface area contributed by atoms with Crippen LogP contribution in [0, 0.1) is 0 Å². The number of hydrogen-bond donors (Lipinski definition) is 1. The van der Waals surface area contributed by atoms with E-state index >= 15 is 0 Å². The molecule has 0 aromatic heterocycles. The van der Waals surface area contributed by atoms with Crippen molar-refractivity contribution < 1.29 is 9.90 Å². The first kappa shape index (κ1) is 11.2. The van der Waals surface area contributed by atoms with Gasteiger partial charge in [0.05, 0.1) is 16.0 Å². The molecule has 0 bridgehead atoms. The number of hydrogen-bond acceptors (Lipinski definition) is 2. The van der Waals surface area contributed by atoms with Crippen molar-refractivity contribution in [2.75, 3.05) is 0 Å². The molecule has 0 atom stereocenters. The molecule has 0 saturated heterocycles. The van der Waals surface area contributed by atoms with Crippen molar-refractivity contribution in [2.24, 2.45) is 0 Å². The molecular formula is C7H7Cl2NO2. The van der Waals surface area contributed by atoms with Gasteiger partial charge in [-0.05, 0) is 17.7 Å². The summed E-state index contributed by atoms with van der Waals surface area (Å²) in [7, 11) is 0. The van der Waals surface area contributed by atoms with Gasteiger partial charge < -0.3 is 16.1 Å². The maximum Gasteiger partial charge on any atom is 0.0715 e. The molecule has 0 amide bonds. The molecule has 1 aromatic rings. The van der Waals surface area contributed by atoms with Crippen LogP contribution in [-0.4, -0.2) is 5.97 Å². The molecule has 0 aliphatic heterocycles. The van der Waals surface area contributed by atoms with Crippen LogP contribution in [0.2, 0.25) is 10.0 Å². The van der Waals surface area contributed by atoms with Crippen LogP contribution >= 0.6 is 23.2 Å². The van der Waals surface area contributed by atoms with E-state index in [1.54, 1.807) is 0 Å². The van der Waals surface area contributed by atoms with Crippen molar-refractivity contribution in [3.8, 4) is 0 Å². The van der Waals surface area contributed by atoms with Crippen molar-refractivity contribution in [3.05, 3.63) is 33.8 Å². The lowest BCUT2D eigenvalue weighted by Gasteiger charge is -2.02. The smallest absolute Gasteiger partial charge is 0.0715 e. The highest BCUT2D eigenvalue weighted by Gasteiger charge is 1.98. The summed E-state index contributed by atoms with van der Waals surface area (Å²) in [6, 6.07) is 4.00. The Morgan fingerprint density at radius 1 is 1.25 bits per heavy atom. The topological polar surface area (TPSA) is 76.6 Å². The Kier molecular flexibility index (Phi) is 4.03. The van der Waals surface area contributed by atoms with Crippen LogP contribution < -0.4 is 11.3 Å². The second-order valence-electron chi connectivity index (χ2n) is 1.92. The monoisotopic (exact) mass is 207 g/mol. The van der Waals surface area contributed by atoms with Crippen molar-refractivity contribution in [1.82, 2.24) is 6.15 Å². The highest BCUT2D eigenvalue weighted by atomic mass is 35.5. The van der Waals surface area contributed by atoms with Crippen LogP contribution in [0.15, 0.2) is 18.2 Å². The lowest BCUT2D eigenvalue weighted by molar-refractivity contribution is -0.255. The molecule has 12 heavy (non-hydrogen) atoms. The second kappa shape index (κ2) is 4.30. The summed E-state index contributed by atoms with van der Waals surface area (Å²) in [6.07, 6.45) is 0. The standard InChI is InChI=1S/C7H4Cl2O2.H3N/c8-5-2-1-4(7(10)11)3-6(5)9;/h1-3H,(H,10,11);1H3. The fourth-order valence-electron chi connectivity index (χ4n) is 0.623. The van der Waals surface area contributed by atoms with Gasteiger partial charge in [-0.3, -0.25) is 0 Å². The van der Waals surface area contributed by atoms with E-state index < -0.39 is 5.97 Å². The van der Waals surface area contributed by atoms with E-state index in [1.807, 2.05) is 0 Å². The van der Waals surface area contributed by atoms with Crippen LogP contribution in [0.5, 0.6) is 0 Å². The van der Waals surface area contributed by atoms with Gasteiger partial charge >= 0.3 is 0 Å². The maximum absolute atomic E-state index is 10.3. The predicted molar refractivity (Wildman–Crippen MR) is 46.8 cm³/mol. The normalized spacial score (nSPS) is 8.83. The lowest BCUT2D eigenvalue weighted by Crippen LogP contribution is -2.21. The number of rotatable bonds is 1. The highest BCUT2D eigenvalue weighted by Crippen LogP contribution is 2.21. The first-order valence-electron chi connectivity index (χ1n) is 2.77. The molecule has 1 aromatic carbocycles. The Balaban J connectivity index is 0.00000121. The summed E-state index contributed by atoms with van der Waals surface area (Å²) in [5, 5.41) is 10.8. The molecular weight excluding hydrogens is 201 g/mol. The van der Waals surface area contributed by atoms with Crippen LogP contribution in [0.4, 0.5) is 0 Å². The number of benzene rings is 1. The zero-order chi connectivity index (χ0) is 8.43. The fraction of sp³-hybridized carbons (Fsp3) is 0. The summed E-state index contributed by atoms with van der Waals surface area (Å²) in [4.78, 5) is 10.3. The summed E-state index contributed by atoms with van der Waals surface area (Å²) in [5.41, 5.74) is 0.0272. The molecule has 0 fully saturated rings. The van der Waals surface area contributed by atoms with Gasteiger partial charge in [-0.2, -0.15) is 0 Å². The van der Waals surface area contributed by atoms with Gasteiger partial charge in [-0.15, -0.1) is 0 Å². The van der Waals surface area contributed by atoms with Crippen LogP contribution in [0.3, 0.4) is 0 Å². The quantitative estimate of drug-likeness (QED) is 0.762.